The van der Waals surface area contributed by atoms with Crippen molar-refractivity contribution in [3.63, 3.8) is 0 Å². The number of nitrogens with two attached hydrogens (primary N) is 1. The second-order valence-electron chi connectivity index (χ2n) is 11.7. The fraction of sp³-hybridized carbons (Fsp3) is 0.625. The van der Waals surface area contributed by atoms with Crippen molar-refractivity contribution < 1.29 is 13.6 Å². The van der Waals surface area contributed by atoms with Gasteiger partial charge in [-0.05, 0) is 82.4 Å². The lowest BCUT2D eigenvalue weighted by molar-refractivity contribution is -0.130. The van der Waals surface area contributed by atoms with Crippen LogP contribution in [0.4, 0.5) is 8.78 Å². The van der Waals surface area contributed by atoms with Gasteiger partial charge in [-0.2, -0.15) is 0 Å². The topological polar surface area (TPSA) is 86.5 Å². The number of unbranched alkanes of at least 4 members (excludes halogenated alkanes) is 1. The third-order valence-electron chi connectivity index (χ3n) is 8.42. The third-order valence-corrected chi connectivity index (χ3v) is 8.42. The Morgan fingerprint density at radius 2 is 1.93 bits per heavy atom. The Kier molecular flexibility index (Phi) is 12.5. The van der Waals surface area contributed by atoms with E-state index >= 15 is 0 Å². The van der Waals surface area contributed by atoms with E-state index in [9.17, 15) is 13.6 Å². The monoisotopic (exact) mass is 570 g/mol. The fourth-order valence-electron chi connectivity index (χ4n) is 6.06. The summed E-state index contributed by atoms with van der Waals surface area (Å²) < 4.78 is 27.3. The Hall–Kier alpha value is -2.46. The molecule has 41 heavy (non-hydrogen) atoms. The van der Waals surface area contributed by atoms with E-state index < -0.39 is 5.92 Å². The Bertz CT molecular complexity index is 1020. The number of hydrogen-bond acceptors (Lipinski definition) is 6. The molecule has 1 aromatic heterocycles. The second-order valence-corrected chi connectivity index (χ2v) is 11.7. The van der Waals surface area contributed by atoms with Crippen LogP contribution in [0.3, 0.4) is 0 Å². The summed E-state index contributed by atoms with van der Waals surface area (Å²) in [6.07, 6.45) is 5.88. The normalized spacial score (nSPS) is 20.9. The van der Waals surface area contributed by atoms with Crippen molar-refractivity contribution in [2.45, 2.75) is 75.9 Å². The Balaban J connectivity index is 1.35. The summed E-state index contributed by atoms with van der Waals surface area (Å²) in [4.78, 5) is 22.7. The molecule has 1 aliphatic heterocycles. The summed E-state index contributed by atoms with van der Waals surface area (Å²) in [5.41, 5.74) is 7.91. The molecule has 1 aromatic carbocycles. The van der Waals surface area contributed by atoms with Crippen molar-refractivity contribution in [1.82, 2.24) is 25.4 Å². The highest BCUT2D eigenvalue weighted by Gasteiger charge is 2.37. The maximum atomic E-state index is 13.7. The van der Waals surface area contributed by atoms with Gasteiger partial charge in [0.05, 0.1) is 11.7 Å². The third kappa shape index (κ3) is 10.7. The van der Waals surface area contributed by atoms with Crippen molar-refractivity contribution in [2.24, 2.45) is 11.7 Å². The van der Waals surface area contributed by atoms with E-state index in [2.05, 4.69) is 31.5 Å². The molecule has 4 N–H and O–H groups in total. The van der Waals surface area contributed by atoms with Crippen molar-refractivity contribution >= 4 is 5.91 Å². The lowest BCUT2D eigenvalue weighted by atomic mass is 9.86. The molecule has 2 atom stereocenters. The second kappa shape index (κ2) is 16.2. The zero-order valence-electron chi connectivity index (χ0n) is 24.3. The van der Waals surface area contributed by atoms with Crippen LogP contribution in [0.5, 0.6) is 0 Å². The first-order valence-corrected chi connectivity index (χ1v) is 15.4. The minimum atomic E-state index is -2.63. The van der Waals surface area contributed by atoms with Gasteiger partial charge in [0.25, 0.3) is 0 Å². The molecule has 1 saturated heterocycles. The molecule has 0 bridgehead atoms. The van der Waals surface area contributed by atoms with E-state index in [1.807, 2.05) is 48.7 Å². The van der Waals surface area contributed by atoms with E-state index in [0.29, 0.717) is 12.6 Å². The van der Waals surface area contributed by atoms with Crippen molar-refractivity contribution in [3.8, 4) is 0 Å². The van der Waals surface area contributed by atoms with Gasteiger partial charge >= 0.3 is 0 Å². The van der Waals surface area contributed by atoms with E-state index in [-0.39, 0.29) is 43.6 Å². The Labute approximate surface area is 244 Å². The number of rotatable bonds is 14. The number of pyridine rings is 1. The van der Waals surface area contributed by atoms with Crippen LogP contribution in [0.1, 0.15) is 68.7 Å². The van der Waals surface area contributed by atoms with E-state index in [1.54, 1.807) is 0 Å². The first-order chi connectivity index (χ1) is 19.9. The maximum Gasteiger partial charge on any atom is 0.248 e. The molecule has 2 heterocycles. The van der Waals surface area contributed by atoms with Crippen LogP contribution in [-0.2, 0) is 11.3 Å². The van der Waals surface area contributed by atoms with Crippen molar-refractivity contribution in [2.75, 3.05) is 45.8 Å². The lowest BCUT2D eigenvalue weighted by Gasteiger charge is -2.32. The number of hydrogen-bond donors (Lipinski definition) is 3. The van der Waals surface area contributed by atoms with Crippen LogP contribution in [0.25, 0.3) is 0 Å². The zero-order chi connectivity index (χ0) is 28.9. The summed E-state index contributed by atoms with van der Waals surface area (Å²) in [5.74, 6) is -3.06. The first-order valence-electron chi connectivity index (χ1n) is 15.4. The molecule has 2 aliphatic rings. The summed E-state index contributed by atoms with van der Waals surface area (Å²) in [6, 6.07) is 16.3. The van der Waals surface area contributed by atoms with Crippen LogP contribution >= 0.6 is 0 Å². The molecule has 4 rings (SSSR count). The molecule has 2 aromatic rings. The minimum absolute atomic E-state index is 0.0904. The number of carbonyl (C=O) groups excluding carboxylic acids is 1. The van der Waals surface area contributed by atoms with E-state index in [4.69, 9.17) is 5.73 Å². The van der Waals surface area contributed by atoms with Crippen LogP contribution in [-0.4, -0.2) is 78.5 Å². The predicted molar refractivity (Wildman–Crippen MR) is 159 cm³/mol. The van der Waals surface area contributed by atoms with Crippen LogP contribution < -0.4 is 16.4 Å². The number of carbonyl (C=O) groups is 1. The standard InChI is InChI=1S/C32H48F2N6O/c33-32(34)15-12-27(13-16-32)31(41)38-30(26-9-2-1-3-10-26)14-22-39-21-8-19-37-29(24-39)25-40(20-7-5-17-35)23-28-11-4-6-18-36-28/h1-4,6,9-11,18,27,29-30,37H,5,7-8,12-17,19-25,35H2,(H,38,41)/t29-,30+/m1/s1. The van der Waals surface area contributed by atoms with E-state index in [0.717, 1.165) is 82.8 Å². The molecule has 0 unspecified atom stereocenters. The van der Waals surface area contributed by atoms with Crippen LogP contribution in [0.2, 0.25) is 0 Å². The minimum Gasteiger partial charge on any atom is -0.349 e. The molecule has 226 valence electrons. The summed E-state index contributed by atoms with van der Waals surface area (Å²) in [6.45, 7) is 7.22. The quantitative estimate of drug-likeness (QED) is 0.293. The molecule has 7 nitrogen and oxygen atoms in total. The number of halogens is 2. The van der Waals surface area contributed by atoms with Gasteiger partial charge in [0.1, 0.15) is 0 Å². The molecule has 0 radical (unpaired) electrons. The first kappa shape index (κ1) is 31.5. The number of aromatic nitrogens is 1. The molecule has 1 aliphatic carbocycles. The number of benzene rings is 1. The van der Waals surface area contributed by atoms with Crippen molar-refractivity contribution in [1.29, 1.82) is 0 Å². The highest BCUT2D eigenvalue weighted by molar-refractivity contribution is 5.79. The summed E-state index contributed by atoms with van der Waals surface area (Å²) >= 11 is 0. The van der Waals surface area contributed by atoms with E-state index in [1.165, 1.54) is 0 Å². The molecule has 2 fully saturated rings. The maximum absolute atomic E-state index is 13.7. The predicted octanol–water partition coefficient (Wildman–Crippen LogP) is 4.36. The lowest BCUT2D eigenvalue weighted by Crippen LogP contribution is -2.46. The Morgan fingerprint density at radius 3 is 2.66 bits per heavy atom. The van der Waals surface area contributed by atoms with Gasteiger partial charge in [-0.25, -0.2) is 8.78 Å². The molecule has 1 amide bonds. The van der Waals surface area contributed by atoms with Gasteiger partial charge < -0.3 is 21.3 Å². The largest absolute Gasteiger partial charge is 0.349 e. The summed E-state index contributed by atoms with van der Waals surface area (Å²) in [7, 11) is 0. The number of alkyl halides is 2. The average molecular weight is 571 g/mol. The molecular formula is C32H48F2N6O. The van der Waals surface area contributed by atoms with Gasteiger partial charge in [0, 0.05) is 57.2 Å². The summed E-state index contributed by atoms with van der Waals surface area (Å²) in [5, 5.41) is 6.99. The molecular weight excluding hydrogens is 522 g/mol. The highest BCUT2D eigenvalue weighted by Crippen LogP contribution is 2.36. The number of nitrogens with one attached hydrogen (secondary N) is 2. The molecule has 0 spiro atoms. The van der Waals surface area contributed by atoms with Gasteiger partial charge in [-0.3, -0.25) is 14.7 Å². The highest BCUT2D eigenvalue weighted by atomic mass is 19.3. The van der Waals surface area contributed by atoms with Crippen LogP contribution in [0, 0.1) is 5.92 Å². The SMILES string of the molecule is NCCCCN(Cc1ccccn1)C[C@H]1CN(CC[C@H](NC(=O)C2CCC(F)(F)CC2)c2ccccc2)CCCN1. The molecule has 1 saturated carbocycles. The van der Waals surface area contributed by atoms with Crippen LogP contribution in [0.15, 0.2) is 54.7 Å². The zero-order valence-corrected chi connectivity index (χ0v) is 24.3. The Morgan fingerprint density at radius 1 is 1.15 bits per heavy atom. The number of amides is 1. The van der Waals surface area contributed by atoms with Gasteiger partial charge in [0.2, 0.25) is 11.8 Å². The van der Waals surface area contributed by atoms with Gasteiger partial charge in [0.15, 0.2) is 0 Å². The van der Waals surface area contributed by atoms with Crippen molar-refractivity contribution in [3.05, 3.63) is 66.0 Å². The fourth-order valence-corrected chi connectivity index (χ4v) is 6.06. The molecule has 9 heteroatoms. The van der Waals surface area contributed by atoms with Gasteiger partial charge in [-0.1, -0.05) is 36.4 Å². The van der Waals surface area contributed by atoms with Gasteiger partial charge in [-0.15, -0.1) is 0 Å². The smallest absolute Gasteiger partial charge is 0.248 e. The number of nitrogens with zero attached hydrogens (tertiary/aromatic N) is 3. The average Bonchev–Trinajstić information content (AvgIpc) is 3.21.